The van der Waals surface area contributed by atoms with Crippen LogP contribution in [0.4, 0.5) is 10.1 Å². The zero-order chi connectivity index (χ0) is 21.8. The van der Waals surface area contributed by atoms with E-state index in [0.29, 0.717) is 13.1 Å². The van der Waals surface area contributed by atoms with Crippen molar-refractivity contribution in [2.75, 3.05) is 45.2 Å². The van der Waals surface area contributed by atoms with Crippen LogP contribution in [0, 0.1) is 5.82 Å². The molecule has 0 bridgehead atoms. The average Bonchev–Trinajstić information content (AvgIpc) is 2.81. The number of halogens is 1. The molecule has 160 valence electrons. The van der Waals surface area contributed by atoms with Crippen molar-refractivity contribution in [3.8, 4) is 0 Å². The van der Waals surface area contributed by atoms with Crippen molar-refractivity contribution in [1.29, 1.82) is 0 Å². The second kappa shape index (κ2) is 9.31. The molecule has 0 unspecified atom stereocenters. The zero-order valence-electron chi connectivity index (χ0n) is 18.0. The van der Waals surface area contributed by atoms with Crippen LogP contribution in [-0.2, 0) is 0 Å². The van der Waals surface area contributed by atoms with Gasteiger partial charge < -0.3 is 9.80 Å². The fourth-order valence-electron chi connectivity index (χ4n) is 4.16. The first-order chi connectivity index (χ1) is 15.0. The van der Waals surface area contributed by atoms with Gasteiger partial charge in [0.15, 0.2) is 0 Å². The molecule has 0 spiro atoms. The molecule has 3 aromatic carbocycles. The molecular weight excluding hydrogens is 389 g/mol. The molecule has 0 radical (unpaired) electrons. The van der Waals surface area contributed by atoms with E-state index in [1.165, 1.54) is 17.7 Å². The Balaban J connectivity index is 1.48. The van der Waals surface area contributed by atoms with Crippen molar-refractivity contribution in [1.82, 2.24) is 9.80 Å². The van der Waals surface area contributed by atoms with Crippen LogP contribution >= 0.6 is 0 Å². The third kappa shape index (κ3) is 4.78. The molecule has 4 nitrogen and oxygen atoms in total. The highest BCUT2D eigenvalue weighted by Crippen LogP contribution is 2.30. The highest BCUT2D eigenvalue weighted by atomic mass is 19.1. The monoisotopic (exact) mass is 417 g/mol. The average molecular weight is 418 g/mol. The Kier molecular flexibility index (Phi) is 6.33. The zero-order valence-corrected chi connectivity index (χ0v) is 18.0. The van der Waals surface area contributed by atoms with Crippen LogP contribution in [0.1, 0.15) is 27.5 Å². The van der Waals surface area contributed by atoms with Gasteiger partial charge in [0.05, 0.1) is 6.04 Å². The lowest BCUT2D eigenvalue weighted by atomic mass is 9.96. The number of piperazine rings is 1. The van der Waals surface area contributed by atoms with Crippen molar-refractivity contribution < 1.29 is 9.18 Å². The summed E-state index contributed by atoms with van der Waals surface area (Å²) in [4.78, 5) is 19.3. The van der Waals surface area contributed by atoms with Gasteiger partial charge in [-0.3, -0.25) is 9.69 Å². The summed E-state index contributed by atoms with van der Waals surface area (Å²) in [7, 11) is 3.97. The third-order valence-electron chi connectivity index (χ3n) is 5.90. The Morgan fingerprint density at radius 1 is 0.806 bits per heavy atom. The summed E-state index contributed by atoms with van der Waals surface area (Å²) in [6, 6.07) is 24.8. The highest BCUT2D eigenvalue weighted by molar-refractivity contribution is 5.94. The Labute approximate surface area is 183 Å². The standard InChI is InChI=1S/C26H28FN3O/c1-28(2)24-14-10-22(11-15-24)26(31)30-18-16-29(17-19-30)25(20-6-4-3-5-7-20)21-8-12-23(27)13-9-21/h3-15,25H,16-19H2,1-2H3/t25-/m0/s1. The molecular formula is C26H28FN3O. The number of hydrogen-bond donors (Lipinski definition) is 0. The molecule has 0 saturated carbocycles. The van der Waals surface area contributed by atoms with Crippen molar-refractivity contribution in [2.24, 2.45) is 0 Å². The lowest BCUT2D eigenvalue weighted by molar-refractivity contribution is 0.0597. The number of nitrogens with zero attached hydrogens (tertiary/aromatic N) is 3. The van der Waals surface area contributed by atoms with E-state index >= 15 is 0 Å². The van der Waals surface area contributed by atoms with E-state index in [1.54, 1.807) is 0 Å². The third-order valence-corrected chi connectivity index (χ3v) is 5.90. The summed E-state index contributed by atoms with van der Waals surface area (Å²) >= 11 is 0. The minimum absolute atomic E-state index is 0.0402. The normalized spacial score (nSPS) is 15.5. The first kappa shape index (κ1) is 21.1. The summed E-state index contributed by atoms with van der Waals surface area (Å²) in [5.41, 5.74) is 4.03. The molecule has 0 aliphatic carbocycles. The molecule has 1 aliphatic heterocycles. The van der Waals surface area contributed by atoms with Crippen molar-refractivity contribution >= 4 is 11.6 Å². The van der Waals surface area contributed by atoms with E-state index in [4.69, 9.17) is 0 Å². The largest absolute Gasteiger partial charge is 0.378 e. The summed E-state index contributed by atoms with van der Waals surface area (Å²) in [6.07, 6.45) is 0. The molecule has 3 aromatic rings. The van der Waals surface area contributed by atoms with E-state index in [1.807, 2.05) is 78.5 Å². The Bertz CT molecular complexity index is 995. The number of anilines is 1. The number of benzene rings is 3. The van der Waals surface area contributed by atoms with Crippen LogP contribution in [0.3, 0.4) is 0 Å². The lowest BCUT2D eigenvalue weighted by Crippen LogP contribution is -2.49. The van der Waals surface area contributed by atoms with Gasteiger partial charge in [0.1, 0.15) is 5.82 Å². The van der Waals surface area contributed by atoms with Gasteiger partial charge >= 0.3 is 0 Å². The molecule has 31 heavy (non-hydrogen) atoms. The van der Waals surface area contributed by atoms with Gasteiger partial charge in [-0.1, -0.05) is 42.5 Å². The van der Waals surface area contributed by atoms with Gasteiger partial charge in [-0.15, -0.1) is 0 Å². The molecule has 0 aromatic heterocycles. The Morgan fingerprint density at radius 3 is 1.97 bits per heavy atom. The first-order valence-electron chi connectivity index (χ1n) is 10.6. The number of amides is 1. The topological polar surface area (TPSA) is 26.8 Å². The molecule has 1 amide bonds. The maximum Gasteiger partial charge on any atom is 0.253 e. The quantitative estimate of drug-likeness (QED) is 0.614. The summed E-state index contributed by atoms with van der Waals surface area (Å²) in [5, 5.41) is 0. The van der Waals surface area contributed by atoms with Gasteiger partial charge in [0, 0.05) is 51.5 Å². The van der Waals surface area contributed by atoms with Gasteiger partial charge in [-0.2, -0.15) is 0 Å². The predicted molar refractivity (Wildman–Crippen MR) is 123 cm³/mol. The highest BCUT2D eigenvalue weighted by Gasteiger charge is 2.28. The van der Waals surface area contributed by atoms with Gasteiger partial charge in [-0.25, -0.2) is 4.39 Å². The molecule has 1 aliphatic rings. The minimum atomic E-state index is -0.230. The molecule has 0 N–H and O–H groups in total. The Hall–Kier alpha value is -3.18. The number of carbonyl (C=O) groups is 1. The maximum atomic E-state index is 13.5. The summed E-state index contributed by atoms with van der Waals surface area (Å²) < 4.78 is 13.5. The van der Waals surface area contributed by atoms with Gasteiger partial charge in [-0.05, 0) is 47.5 Å². The second-order valence-corrected chi connectivity index (χ2v) is 8.13. The lowest BCUT2D eigenvalue weighted by Gasteiger charge is -2.39. The Morgan fingerprint density at radius 2 is 1.39 bits per heavy atom. The van der Waals surface area contributed by atoms with Crippen LogP contribution in [0.25, 0.3) is 0 Å². The van der Waals surface area contributed by atoms with Crippen LogP contribution < -0.4 is 4.90 Å². The van der Waals surface area contributed by atoms with Gasteiger partial charge in [0.25, 0.3) is 5.91 Å². The minimum Gasteiger partial charge on any atom is -0.378 e. The van der Waals surface area contributed by atoms with E-state index < -0.39 is 0 Å². The van der Waals surface area contributed by atoms with Crippen LogP contribution in [0.5, 0.6) is 0 Å². The van der Waals surface area contributed by atoms with E-state index in [-0.39, 0.29) is 17.8 Å². The molecule has 4 rings (SSSR count). The first-order valence-corrected chi connectivity index (χ1v) is 10.6. The van der Waals surface area contributed by atoms with Crippen LogP contribution in [-0.4, -0.2) is 56.0 Å². The van der Waals surface area contributed by atoms with E-state index in [9.17, 15) is 9.18 Å². The smallest absolute Gasteiger partial charge is 0.253 e. The maximum absolute atomic E-state index is 13.5. The van der Waals surface area contributed by atoms with Crippen molar-refractivity contribution in [2.45, 2.75) is 6.04 Å². The van der Waals surface area contributed by atoms with Gasteiger partial charge in [0.2, 0.25) is 0 Å². The van der Waals surface area contributed by atoms with E-state index in [0.717, 1.165) is 29.9 Å². The number of hydrogen-bond acceptors (Lipinski definition) is 3. The molecule has 1 atom stereocenters. The fraction of sp³-hybridized carbons (Fsp3) is 0.269. The predicted octanol–water partition coefficient (Wildman–Crippen LogP) is 4.44. The number of carbonyl (C=O) groups excluding carboxylic acids is 1. The van der Waals surface area contributed by atoms with Crippen molar-refractivity contribution in [3.63, 3.8) is 0 Å². The fourth-order valence-corrected chi connectivity index (χ4v) is 4.16. The molecule has 1 saturated heterocycles. The van der Waals surface area contributed by atoms with E-state index in [2.05, 4.69) is 17.0 Å². The van der Waals surface area contributed by atoms with Crippen LogP contribution in [0.2, 0.25) is 0 Å². The van der Waals surface area contributed by atoms with Crippen molar-refractivity contribution in [3.05, 3.63) is 101 Å². The second-order valence-electron chi connectivity index (χ2n) is 8.13. The van der Waals surface area contributed by atoms with Crippen LogP contribution in [0.15, 0.2) is 78.9 Å². The molecule has 1 heterocycles. The number of rotatable bonds is 5. The summed E-state index contributed by atoms with van der Waals surface area (Å²) in [6.45, 7) is 2.86. The SMILES string of the molecule is CN(C)c1ccc(C(=O)N2CCN([C@@H](c3ccccc3)c3ccc(F)cc3)CC2)cc1. The molecule has 1 fully saturated rings. The molecule has 5 heteroatoms. The summed E-state index contributed by atoms with van der Waals surface area (Å²) in [5.74, 6) is -0.158.